The van der Waals surface area contributed by atoms with Crippen LogP contribution in [0.1, 0.15) is 50.0 Å². The lowest BCUT2D eigenvalue weighted by Gasteiger charge is -2.23. The van der Waals surface area contributed by atoms with Crippen molar-refractivity contribution in [3.05, 3.63) is 28.6 Å². The second-order valence-electron chi connectivity index (χ2n) is 7.27. The molecule has 29 heavy (non-hydrogen) atoms. The van der Waals surface area contributed by atoms with Gasteiger partial charge in [-0.3, -0.25) is 4.90 Å². The molecule has 4 nitrogen and oxygen atoms in total. The first kappa shape index (κ1) is 21.9. The number of benzene rings is 1. The third kappa shape index (κ3) is 5.04. The number of hydrogen-bond acceptors (Lipinski definition) is 5. The summed E-state index contributed by atoms with van der Waals surface area (Å²) in [5.74, 6) is -0.126. The highest BCUT2D eigenvalue weighted by atomic mass is 32.1. The molecule has 3 rings (SSSR count). The zero-order valence-electron chi connectivity index (χ0n) is 17.1. The fourth-order valence-corrected chi connectivity index (χ4v) is 4.74. The Labute approximate surface area is 174 Å². The van der Waals surface area contributed by atoms with Gasteiger partial charge in [0.25, 0.3) is 0 Å². The Bertz CT molecular complexity index is 822. The van der Waals surface area contributed by atoms with Crippen molar-refractivity contribution in [1.29, 1.82) is 0 Å². The van der Waals surface area contributed by atoms with Gasteiger partial charge in [-0.25, -0.2) is 4.98 Å². The fourth-order valence-electron chi connectivity index (χ4n) is 3.78. The summed E-state index contributed by atoms with van der Waals surface area (Å²) in [7, 11) is 1.78. The van der Waals surface area contributed by atoms with E-state index < -0.39 is 11.7 Å². The second-order valence-corrected chi connectivity index (χ2v) is 8.36. The monoisotopic (exact) mass is 427 g/mol. The van der Waals surface area contributed by atoms with E-state index >= 15 is 0 Å². The molecule has 1 atom stereocenters. The van der Waals surface area contributed by atoms with Crippen molar-refractivity contribution in [2.24, 2.45) is 0 Å². The molecule has 8 heteroatoms. The molecule has 1 unspecified atom stereocenters. The van der Waals surface area contributed by atoms with Crippen LogP contribution in [0.25, 0.3) is 11.3 Å². The Hall–Kier alpha value is -1.80. The van der Waals surface area contributed by atoms with Crippen LogP contribution in [0.15, 0.2) is 18.2 Å². The zero-order valence-corrected chi connectivity index (χ0v) is 17.9. The van der Waals surface area contributed by atoms with E-state index in [1.54, 1.807) is 13.1 Å². The molecule has 0 bridgehead atoms. The average Bonchev–Trinajstić information content (AvgIpc) is 3.32. The van der Waals surface area contributed by atoms with Crippen molar-refractivity contribution >= 4 is 16.5 Å². The van der Waals surface area contributed by atoms with E-state index in [0.717, 1.165) is 24.3 Å². The van der Waals surface area contributed by atoms with E-state index in [0.29, 0.717) is 35.4 Å². The molecule has 2 heterocycles. The van der Waals surface area contributed by atoms with Crippen LogP contribution in [-0.2, 0) is 12.7 Å². The predicted octanol–water partition coefficient (Wildman–Crippen LogP) is 6.03. The van der Waals surface area contributed by atoms with Crippen LogP contribution < -0.4 is 10.1 Å². The molecule has 1 aliphatic rings. The highest BCUT2D eigenvalue weighted by Crippen LogP contribution is 2.41. The summed E-state index contributed by atoms with van der Waals surface area (Å²) in [5.41, 5.74) is 0.343. The molecule has 1 aromatic carbocycles. The number of alkyl halides is 3. The highest BCUT2D eigenvalue weighted by molar-refractivity contribution is 7.16. The first-order chi connectivity index (χ1) is 13.9. The number of rotatable bonds is 8. The third-order valence-corrected chi connectivity index (χ3v) is 6.31. The van der Waals surface area contributed by atoms with Crippen molar-refractivity contribution in [1.82, 2.24) is 9.88 Å². The van der Waals surface area contributed by atoms with Crippen LogP contribution in [-0.4, -0.2) is 36.1 Å². The van der Waals surface area contributed by atoms with Crippen LogP contribution in [0.3, 0.4) is 0 Å². The molecule has 1 aromatic heterocycles. The van der Waals surface area contributed by atoms with Gasteiger partial charge in [-0.05, 0) is 50.4 Å². The number of aromatic nitrogens is 1. The van der Waals surface area contributed by atoms with Gasteiger partial charge in [-0.2, -0.15) is 13.2 Å². The van der Waals surface area contributed by atoms with Gasteiger partial charge in [0.1, 0.15) is 5.75 Å². The Balaban J connectivity index is 1.98. The second kappa shape index (κ2) is 9.34. The fraction of sp³-hybridized carbons (Fsp3) is 0.571. The predicted molar refractivity (Wildman–Crippen MR) is 112 cm³/mol. The summed E-state index contributed by atoms with van der Waals surface area (Å²) < 4.78 is 46.3. The van der Waals surface area contributed by atoms with E-state index in [1.807, 2.05) is 6.92 Å². The number of hydrogen-bond donors (Lipinski definition) is 1. The van der Waals surface area contributed by atoms with Crippen LogP contribution in [0.5, 0.6) is 5.75 Å². The van der Waals surface area contributed by atoms with Gasteiger partial charge in [-0.15, -0.1) is 11.3 Å². The molecular formula is C21H28F3N3OS. The number of halogens is 3. The number of nitrogens with zero attached hydrogens (tertiary/aromatic N) is 2. The van der Waals surface area contributed by atoms with Gasteiger partial charge >= 0.3 is 6.18 Å². The molecular weight excluding hydrogens is 399 g/mol. The maximum atomic E-state index is 13.6. The van der Waals surface area contributed by atoms with E-state index in [1.165, 1.54) is 29.9 Å². The number of ether oxygens (including phenoxy) is 1. The quantitative estimate of drug-likeness (QED) is 0.558. The summed E-state index contributed by atoms with van der Waals surface area (Å²) in [6.07, 6.45) is -0.425. The molecule has 0 saturated carbocycles. The molecule has 0 radical (unpaired) electrons. The topological polar surface area (TPSA) is 37.4 Å². The van der Waals surface area contributed by atoms with Gasteiger partial charge in [0.05, 0.1) is 17.9 Å². The summed E-state index contributed by atoms with van der Waals surface area (Å²) in [5, 5.41) is 3.74. The van der Waals surface area contributed by atoms with Crippen molar-refractivity contribution in [2.45, 2.75) is 58.3 Å². The van der Waals surface area contributed by atoms with Crippen molar-refractivity contribution in [3.8, 4) is 17.0 Å². The standard InChI is InChI=1S/C21H28F3N3OS/c1-4-11-28-17-9-8-14(12-16(17)21(22,23)24)19-18(29-20(25-3)26-19)13-27-10-6-7-15(27)5-2/h8-9,12,15H,4-7,10-11,13H2,1-3H3,(H,25,26). The van der Waals surface area contributed by atoms with Gasteiger partial charge in [0.15, 0.2) is 5.13 Å². The molecule has 1 N–H and O–H groups in total. The SMILES string of the molecule is CCCOc1ccc(-c2nc(NC)sc2CN2CCCC2CC)cc1C(F)(F)F. The Kier molecular flexibility index (Phi) is 7.05. The minimum Gasteiger partial charge on any atom is -0.493 e. The molecule has 1 fully saturated rings. The lowest BCUT2D eigenvalue weighted by Crippen LogP contribution is -2.28. The molecule has 160 valence electrons. The number of nitrogens with one attached hydrogen (secondary N) is 1. The minimum atomic E-state index is -4.48. The van der Waals surface area contributed by atoms with Gasteiger partial charge in [-0.1, -0.05) is 13.8 Å². The summed E-state index contributed by atoms with van der Waals surface area (Å²) in [6, 6.07) is 4.79. The van der Waals surface area contributed by atoms with Crippen LogP contribution in [0.4, 0.5) is 18.3 Å². The Morgan fingerprint density at radius 3 is 2.76 bits per heavy atom. The maximum Gasteiger partial charge on any atom is 0.419 e. The molecule has 2 aromatic rings. The average molecular weight is 428 g/mol. The normalized spacial score (nSPS) is 17.7. The minimum absolute atomic E-state index is 0.126. The van der Waals surface area contributed by atoms with E-state index in [4.69, 9.17) is 4.74 Å². The highest BCUT2D eigenvalue weighted by Gasteiger charge is 2.35. The number of anilines is 1. The Morgan fingerprint density at radius 2 is 2.10 bits per heavy atom. The van der Waals surface area contributed by atoms with Crippen molar-refractivity contribution in [3.63, 3.8) is 0 Å². The van der Waals surface area contributed by atoms with Crippen LogP contribution in [0, 0.1) is 0 Å². The summed E-state index contributed by atoms with van der Waals surface area (Å²) >= 11 is 1.51. The first-order valence-corrected chi connectivity index (χ1v) is 10.9. The maximum absolute atomic E-state index is 13.6. The lowest BCUT2D eigenvalue weighted by molar-refractivity contribution is -0.138. The largest absolute Gasteiger partial charge is 0.493 e. The van der Waals surface area contributed by atoms with Gasteiger partial charge < -0.3 is 10.1 Å². The molecule has 1 saturated heterocycles. The van der Waals surface area contributed by atoms with E-state index in [2.05, 4.69) is 22.1 Å². The van der Waals surface area contributed by atoms with Gasteiger partial charge in [0.2, 0.25) is 0 Å². The van der Waals surface area contributed by atoms with E-state index in [-0.39, 0.29) is 12.4 Å². The zero-order chi connectivity index (χ0) is 21.0. The smallest absolute Gasteiger partial charge is 0.419 e. The van der Waals surface area contributed by atoms with E-state index in [9.17, 15) is 13.2 Å². The lowest BCUT2D eigenvalue weighted by atomic mass is 10.1. The third-order valence-electron chi connectivity index (χ3n) is 5.25. The molecule has 1 aliphatic heterocycles. The molecule has 0 spiro atoms. The molecule has 0 amide bonds. The molecule has 0 aliphatic carbocycles. The first-order valence-electron chi connectivity index (χ1n) is 10.1. The number of likely N-dealkylation sites (tertiary alicyclic amines) is 1. The van der Waals surface area contributed by atoms with Crippen LogP contribution >= 0.6 is 11.3 Å². The Morgan fingerprint density at radius 1 is 1.31 bits per heavy atom. The summed E-state index contributed by atoms with van der Waals surface area (Å²) in [6.45, 7) is 6.03. The van der Waals surface area contributed by atoms with Gasteiger partial charge in [0, 0.05) is 30.1 Å². The summed E-state index contributed by atoms with van der Waals surface area (Å²) in [4.78, 5) is 7.99. The number of thiazole rings is 1. The van der Waals surface area contributed by atoms with Crippen molar-refractivity contribution in [2.75, 3.05) is 25.5 Å². The van der Waals surface area contributed by atoms with Crippen LogP contribution in [0.2, 0.25) is 0 Å². The van der Waals surface area contributed by atoms with Crippen molar-refractivity contribution < 1.29 is 17.9 Å².